The number of anilines is 1. The first-order valence-electron chi connectivity index (χ1n) is 7.94. The molecular weight excluding hydrogens is 296 g/mol. The molecule has 2 aromatic carbocycles. The van der Waals surface area contributed by atoms with Gasteiger partial charge in [0.1, 0.15) is 11.8 Å². The Hall–Kier alpha value is -2.83. The first-order valence-corrected chi connectivity index (χ1v) is 7.94. The maximum atomic E-state index is 10.4. The molecule has 0 aromatic heterocycles. The van der Waals surface area contributed by atoms with Crippen molar-refractivity contribution in [1.82, 2.24) is 0 Å². The number of aliphatic hydroxyl groups excluding tert-OH is 1. The number of allylic oxidation sites excluding steroid dienone is 3. The molecule has 3 heteroatoms. The molecule has 0 fully saturated rings. The lowest BCUT2D eigenvalue weighted by molar-refractivity contribution is 0.139. The summed E-state index contributed by atoms with van der Waals surface area (Å²) in [6.07, 6.45) is 4.94. The SMILES string of the molecule is CC(/C=C\C=C(/C#N)N(C)c1ccccc1)C(O)c1ccccc1. The number of hydrogen-bond donors (Lipinski definition) is 1. The Morgan fingerprint density at radius 1 is 1.08 bits per heavy atom. The van der Waals surface area contributed by atoms with Crippen molar-refractivity contribution in [1.29, 1.82) is 5.26 Å². The summed E-state index contributed by atoms with van der Waals surface area (Å²) in [5, 5.41) is 19.7. The van der Waals surface area contributed by atoms with Gasteiger partial charge in [-0.1, -0.05) is 67.6 Å². The number of aliphatic hydroxyl groups is 1. The van der Waals surface area contributed by atoms with E-state index >= 15 is 0 Å². The molecule has 2 rings (SSSR count). The van der Waals surface area contributed by atoms with Gasteiger partial charge < -0.3 is 10.0 Å². The van der Waals surface area contributed by atoms with Crippen LogP contribution in [0.4, 0.5) is 5.69 Å². The maximum Gasteiger partial charge on any atom is 0.120 e. The maximum absolute atomic E-state index is 10.4. The molecule has 0 bridgehead atoms. The summed E-state index contributed by atoms with van der Waals surface area (Å²) in [5.41, 5.74) is 2.38. The molecule has 0 heterocycles. The highest BCUT2D eigenvalue weighted by Crippen LogP contribution is 2.22. The highest BCUT2D eigenvalue weighted by Gasteiger charge is 2.13. The Morgan fingerprint density at radius 3 is 2.25 bits per heavy atom. The average Bonchev–Trinajstić information content (AvgIpc) is 2.65. The summed E-state index contributed by atoms with van der Waals surface area (Å²) in [5.74, 6) is -0.0503. The molecule has 0 aliphatic carbocycles. The molecule has 1 N–H and O–H groups in total. The van der Waals surface area contributed by atoms with Crippen LogP contribution in [-0.4, -0.2) is 12.2 Å². The minimum absolute atomic E-state index is 0.0503. The van der Waals surface area contributed by atoms with Crippen LogP contribution in [0, 0.1) is 17.2 Å². The molecule has 0 spiro atoms. The third kappa shape index (κ3) is 4.58. The fourth-order valence-electron chi connectivity index (χ4n) is 2.40. The van der Waals surface area contributed by atoms with Crippen LogP contribution in [0.25, 0.3) is 0 Å². The van der Waals surface area contributed by atoms with Crippen molar-refractivity contribution >= 4 is 5.69 Å². The van der Waals surface area contributed by atoms with Gasteiger partial charge in [-0.15, -0.1) is 0 Å². The van der Waals surface area contributed by atoms with Gasteiger partial charge in [0.2, 0.25) is 0 Å². The van der Waals surface area contributed by atoms with Crippen LogP contribution in [-0.2, 0) is 0 Å². The lowest BCUT2D eigenvalue weighted by atomic mass is 9.97. The molecule has 0 aliphatic rings. The predicted octanol–water partition coefficient (Wildman–Crippen LogP) is 4.46. The smallest absolute Gasteiger partial charge is 0.120 e. The van der Waals surface area contributed by atoms with E-state index in [1.165, 1.54) is 0 Å². The van der Waals surface area contributed by atoms with Gasteiger partial charge in [-0.25, -0.2) is 0 Å². The zero-order chi connectivity index (χ0) is 17.4. The Labute approximate surface area is 143 Å². The summed E-state index contributed by atoms with van der Waals surface area (Å²) in [6, 6.07) is 21.5. The zero-order valence-corrected chi connectivity index (χ0v) is 14.0. The van der Waals surface area contributed by atoms with Crippen molar-refractivity contribution in [3.63, 3.8) is 0 Å². The molecule has 0 saturated carbocycles. The van der Waals surface area contributed by atoms with E-state index in [0.717, 1.165) is 11.3 Å². The van der Waals surface area contributed by atoms with Gasteiger partial charge in [-0.3, -0.25) is 0 Å². The predicted molar refractivity (Wildman–Crippen MR) is 98.2 cm³/mol. The standard InChI is InChI=1S/C21H22N2O/c1-17(21(24)18-11-5-3-6-12-18)10-9-15-20(16-22)23(2)19-13-7-4-8-14-19/h3-15,17,21,24H,1-2H3/b10-9-,20-15+. The number of nitrogens with zero attached hydrogens (tertiary/aromatic N) is 2. The highest BCUT2D eigenvalue weighted by atomic mass is 16.3. The van der Waals surface area contributed by atoms with Gasteiger partial charge in [0, 0.05) is 18.7 Å². The molecule has 0 amide bonds. The van der Waals surface area contributed by atoms with E-state index in [1.807, 2.05) is 91.7 Å². The minimum atomic E-state index is -0.562. The largest absolute Gasteiger partial charge is 0.388 e. The Bertz CT molecular complexity index is 729. The van der Waals surface area contributed by atoms with Gasteiger partial charge in [-0.2, -0.15) is 5.26 Å². The third-order valence-electron chi connectivity index (χ3n) is 3.93. The lowest BCUT2D eigenvalue weighted by Gasteiger charge is -2.18. The molecule has 0 saturated heterocycles. The molecule has 2 aromatic rings. The van der Waals surface area contributed by atoms with E-state index in [1.54, 1.807) is 6.08 Å². The summed E-state index contributed by atoms with van der Waals surface area (Å²) in [6.45, 7) is 1.95. The average molecular weight is 318 g/mol. The second kappa shape index (κ2) is 8.71. The lowest BCUT2D eigenvalue weighted by Crippen LogP contribution is -2.14. The molecule has 0 radical (unpaired) electrons. The Kier molecular flexibility index (Phi) is 6.36. The molecule has 24 heavy (non-hydrogen) atoms. The van der Waals surface area contributed by atoms with Crippen molar-refractivity contribution < 1.29 is 5.11 Å². The summed E-state index contributed by atoms with van der Waals surface area (Å²) in [7, 11) is 1.86. The van der Waals surface area contributed by atoms with Crippen LogP contribution in [0.1, 0.15) is 18.6 Å². The van der Waals surface area contributed by atoms with Gasteiger partial charge in [0.25, 0.3) is 0 Å². The number of benzene rings is 2. The van der Waals surface area contributed by atoms with Crippen molar-refractivity contribution in [2.45, 2.75) is 13.0 Å². The second-order valence-corrected chi connectivity index (χ2v) is 5.66. The number of hydrogen-bond acceptors (Lipinski definition) is 3. The van der Waals surface area contributed by atoms with Crippen molar-refractivity contribution in [3.05, 3.63) is 90.2 Å². The van der Waals surface area contributed by atoms with Crippen LogP contribution in [0.3, 0.4) is 0 Å². The van der Waals surface area contributed by atoms with Crippen molar-refractivity contribution in [3.8, 4) is 6.07 Å². The van der Waals surface area contributed by atoms with Crippen LogP contribution >= 0.6 is 0 Å². The molecular formula is C21H22N2O. The quantitative estimate of drug-likeness (QED) is 0.632. The second-order valence-electron chi connectivity index (χ2n) is 5.66. The molecule has 3 nitrogen and oxygen atoms in total. The third-order valence-corrected chi connectivity index (χ3v) is 3.93. The monoisotopic (exact) mass is 318 g/mol. The minimum Gasteiger partial charge on any atom is -0.388 e. The van der Waals surface area contributed by atoms with Crippen molar-refractivity contribution in [2.24, 2.45) is 5.92 Å². The first kappa shape index (κ1) is 17.5. The molecule has 2 unspecified atom stereocenters. The first-order chi connectivity index (χ1) is 11.6. The van der Waals surface area contributed by atoms with Gasteiger partial charge >= 0.3 is 0 Å². The molecule has 122 valence electrons. The summed E-state index contributed by atoms with van der Waals surface area (Å²) >= 11 is 0. The van der Waals surface area contributed by atoms with Crippen LogP contribution in [0.15, 0.2) is 84.6 Å². The van der Waals surface area contributed by atoms with Gasteiger partial charge in [-0.05, 0) is 23.8 Å². The zero-order valence-electron chi connectivity index (χ0n) is 14.0. The van der Waals surface area contributed by atoms with Crippen LogP contribution in [0.2, 0.25) is 0 Å². The summed E-state index contributed by atoms with van der Waals surface area (Å²) < 4.78 is 0. The number of rotatable bonds is 6. The van der Waals surface area contributed by atoms with Crippen LogP contribution in [0.5, 0.6) is 0 Å². The fraction of sp³-hybridized carbons (Fsp3) is 0.190. The van der Waals surface area contributed by atoms with E-state index in [2.05, 4.69) is 6.07 Å². The Balaban J connectivity index is 2.07. The molecule has 2 atom stereocenters. The van der Waals surface area contributed by atoms with E-state index in [4.69, 9.17) is 0 Å². The van der Waals surface area contributed by atoms with E-state index in [0.29, 0.717) is 5.70 Å². The highest BCUT2D eigenvalue weighted by molar-refractivity contribution is 5.55. The van der Waals surface area contributed by atoms with Gasteiger partial charge in [0.05, 0.1) is 6.10 Å². The van der Waals surface area contributed by atoms with E-state index < -0.39 is 6.10 Å². The number of para-hydroxylation sites is 1. The number of nitriles is 1. The topological polar surface area (TPSA) is 47.3 Å². The Morgan fingerprint density at radius 2 is 1.67 bits per heavy atom. The van der Waals surface area contributed by atoms with E-state index in [9.17, 15) is 10.4 Å². The van der Waals surface area contributed by atoms with Crippen LogP contribution < -0.4 is 4.90 Å². The summed E-state index contributed by atoms with van der Waals surface area (Å²) in [4.78, 5) is 1.84. The molecule has 0 aliphatic heterocycles. The van der Waals surface area contributed by atoms with Crippen molar-refractivity contribution in [2.75, 3.05) is 11.9 Å². The van der Waals surface area contributed by atoms with Gasteiger partial charge in [0.15, 0.2) is 0 Å². The normalized spacial score (nSPS) is 14.2. The van der Waals surface area contributed by atoms with E-state index in [-0.39, 0.29) is 5.92 Å². The fourth-order valence-corrected chi connectivity index (χ4v) is 2.40.